The van der Waals surface area contributed by atoms with Gasteiger partial charge in [-0.3, -0.25) is 9.69 Å². The van der Waals surface area contributed by atoms with Crippen molar-refractivity contribution in [3.05, 3.63) is 35.4 Å². The summed E-state index contributed by atoms with van der Waals surface area (Å²) in [6, 6.07) is 7.54. The van der Waals surface area contributed by atoms with Crippen LogP contribution in [0.2, 0.25) is 0 Å². The van der Waals surface area contributed by atoms with Crippen LogP contribution in [-0.2, 0) is 0 Å². The number of carbonyl (C=O) groups is 1. The molecular weight excluding hydrogens is 176 g/mol. The molecule has 1 amide bonds. The minimum atomic E-state index is -0.0290. The molecule has 0 radical (unpaired) electrons. The molecule has 0 aliphatic rings. The van der Waals surface area contributed by atoms with E-state index in [4.69, 9.17) is 0 Å². The zero-order valence-corrected chi connectivity index (χ0v) is 8.87. The summed E-state index contributed by atoms with van der Waals surface area (Å²) in [4.78, 5) is 13.4. The zero-order valence-electron chi connectivity index (χ0n) is 8.87. The van der Waals surface area contributed by atoms with Crippen LogP contribution in [0, 0.1) is 6.92 Å². The highest BCUT2D eigenvalue weighted by Crippen LogP contribution is 2.02. The summed E-state index contributed by atoms with van der Waals surface area (Å²) in [6.07, 6.45) is 0. The predicted molar refractivity (Wildman–Crippen MR) is 57.2 cm³/mol. The highest BCUT2D eigenvalue weighted by atomic mass is 16.1. The molecule has 1 rings (SSSR count). The minimum Gasteiger partial charge on any atom is -0.339 e. The van der Waals surface area contributed by atoms with E-state index in [1.54, 1.807) is 0 Å². The first-order valence-electron chi connectivity index (χ1n) is 4.59. The Morgan fingerprint density at radius 2 is 1.86 bits per heavy atom. The number of rotatable bonds is 3. The van der Waals surface area contributed by atoms with Gasteiger partial charge in [0, 0.05) is 5.56 Å². The number of aryl methyl sites for hydroxylation is 1. The van der Waals surface area contributed by atoms with E-state index in [1.807, 2.05) is 50.2 Å². The number of nitrogens with zero attached hydrogens (tertiary/aromatic N) is 1. The fourth-order valence-electron chi connectivity index (χ4n) is 1.04. The molecule has 1 N–H and O–H groups in total. The maximum absolute atomic E-state index is 11.5. The van der Waals surface area contributed by atoms with E-state index in [2.05, 4.69) is 5.32 Å². The molecule has 0 unspecified atom stereocenters. The predicted octanol–water partition coefficient (Wildman–Crippen LogP) is 1.24. The fraction of sp³-hybridized carbons (Fsp3) is 0.364. The topological polar surface area (TPSA) is 32.3 Å². The maximum Gasteiger partial charge on any atom is 0.252 e. The zero-order chi connectivity index (χ0) is 10.6. The lowest BCUT2D eigenvalue weighted by Gasteiger charge is -2.10. The van der Waals surface area contributed by atoms with Crippen molar-refractivity contribution in [2.75, 3.05) is 20.8 Å². The third-order valence-corrected chi connectivity index (χ3v) is 1.87. The second-order valence-electron chi connectivity index (χ2n) is 3.61. The summed E-state index contributed by atoms with van der Waals surface area (Å²) in [5, 5.41) is 2.80. The molecule has 0 heterocycles. The maximum atomic E-state index is 11.5. The first-order valence-corrected chi connectivity index (χ1v) is 4.59. The molecule has 1 aromatic rings. The van der Waals surface area contributed by atoms with Gasteiger partial charge in [0.15, 0.2) is 0 Å². The van der Waals surface area contributed by atoms with Crippen molar-refractivity contribution >= 4 is 5.91 Å². The Hall–Kier alpha value is -1.35. The molecule has 14 heavy (non-hydrogen) atoms. The van der Waals surface area contributed by atoms with Crippen molar-refractivity contribution in [2.24, 2.45) is 0 Å². The van der Waals surface area contributed by atoms with Crippen LogP contribution in [0.15, 0.2) is 24.3 Å². The molecule has 76 valence electrons. The van der Waals surface area contributed by atoms with Gasteiger partial charge in [-0.2, -0.15) is 0 Å². The third kappa shape index (κ3) is 3.18. The molecule has 0 fully saturated rings. The van der Waals surface area contributed by atoms with Crippen LogP contribution in [-0.4, -0.2) is 31.6 Å². The lowest BCUT2D eigenvalue weighted by atomic mass is 10.1. The van der Waals surface area contributed by atoms with Gasteiger partial charge in [0.1, 0.15) is 0 Å². The molecule has 0 spiro atoms. The van der Waals surface area contributed by atoms with Crippen molar-refractivity contribution in [2.45, 2.75) is 6.92 Å². The van der Waals surface area contributed by atoms with Crippen LogP contribution in [0.1, 0.15) is 15.9 Å². The lowest BCUT2D eigenvalue weighted by Crippen LogP contribution is -2.32. The molecule has 3 heteroatoms. The number of benzene rings is 1. The first-order chi connectivity index (χ1) is 6.59. The van der Waals surface area contributed by atoms with Crippen molar-refractivity contribution in [1.29, 1.82) is 0 Å². The summed E-state index contributed by atoms with van der Waals surface area (Å²) in [6.45, 7) is 2.56. The highest BCUT2D eigenvalue weighted by molar-refractivity contribution is 5.94. The summed E-state index contributed by atoms with van der Waals surface area (Å²) >= 11 is 0. The van der Waals surface area contributed by atoms with E-state index in [0.29, 0.717) is 12.2 Å². The van der Waals surface area contributed by atoms with Crippen molar-refractivity contribution in [1.82, 2.24) is 10.2 Å². The van der Waals surface area contributed by atoms with Crippen LogP contribution in [0.5, 0.6) is 0 Å². The summed E-state index contributed by atoms with van der Waals surface area (Å²) < 4.78 is 0. The average Bonchev–Trinajstić information content (AvgIpc) is 2.15. The number of hydrogen-bond acceptors (Lipinski definition) is 2. The first kappa shape index (κ1) is 10.7. The van der Waals surface area contributed by atoms with Gasteiger partial charge in [0.05, 0.1) is 6.67 Å². The molecule has 0 aromatic heterocycles. The Balaban J connectivity index is 2.57. The SMILES string of the molecule is Cc1ccc(C(=O)NCN(C)C)cc1. The van der Waals surface area contributed by atoms with Gasteiger partial charge in [0.25, 0.3) is 5.91 Å². The van der Waals surface area contributed by atoms with E-state index < -0.39 is 0 Å². The fourth-order valence-corrected chi connectivity index (χ4v) is 1.04. The minimum absolute atomic E-state index is 0.0290. The van der Waals surface area contributed by atoms with Crippen LogP contribution >= 0.6 is 0 Å². The normalized spacial score (nSPS) is 10.3. The molecule has 0 saturated heterocycles. The largest absolute Gasteiger partial charge is 0.339 e. The Kier molecular flexibility index (Phi) is 3.65. The lowest BCUT2D eigenvalue weighted by molar-refractivity contribution is 0.0935. The van der Waals surface area contributed by atoms with Crippen molar-refractivity contribution in [3.8, 4) is 0 Å². The summed E-state index contributed by atoms with van der Waals surface area (Å²) in [7, 11) is 3.82. The second-order valence-corrected chi connectivity index (χ2v) is 3.61. The summed E-state index contributed by atoms with van der Waals surface area (Å²) in [5.74, 6) is -0.0290. The molecule has 0 aliphatic carbocycles. The van der Waals surface area contributed by atoms with Gasteiger partial charge >= 0.3 is 0 Å². The Labute approximate surface area is 84.7 Å². The quantitative estimate of drug-likeness (QED) is 0.731. The van der Waals surface area contributed by atoms with Gasteiger partial charge in [-0.15, -0.1) is 0 Å². The van der Waals surface area contributed by atoms with Crippen LogP contribution in [0.4, 0.5) is 0 Å². The highest BCUT2D eigenvalue weighted by Gasteiger charge is 2.03. The van der Waals surface area contributed by atoms with Crippen molar-refractivity contribution < 1.29 is 4.79 Å². The van der Waals surface area contributed by atoms with Gasteiger partial charge < -0.3 is 5.32 Å². The van der Waals surface area contributed by atoms with E-state index in [9.17, 15) is 4.79 Å². The average molecular weight is 192 g/mol. The molecule has 0 aliphatic heterocycles. The van der Waals surface area contributed by atoms with Gasteiger partial charge in [-0.1, -0.05) is 17.7 Å². The molecular formula is C11H16N2O. The van der Waals surface area contributed by atoms with E-state index >= 15 is 0 Å². The standard InChI is InChI=1S/C11H16N2O/c1-9-4-6-10(7-5-9)11(14)12-8-13(2)3/h4-7H,8H2,1-3H3,(H,12,14). The number of carbonyl (C=O) groups excluding carboxylic acids is 1. The molecule has 1 aromatic carbocycles. The summed E-state index contributed by atoms with van der Waals surface area (Å²) in [5.41, 5.74) is 1.87. The van der Waals surface area contributed by atoms with E-state index in [0.717, 1.165) is 5.56 Å². The number of hydrogen-bond donors (Lipinski definition) is 1. The smallest absolute Gasteiger partial charge is 0.252 e. The third-order valence-electron chi connectivity index (χ3n) is 1.87. The van der Waals surface area contributed by atoms with Crippen molar-refractivity contribution in [3.63, 3.8) is 0 Å². The second kappa shape index (κ2) is 4.77. The van der Waals surface area contributed by atoms with E-state index in [1.165, 1.54) is 0 Å². The monoisotopic (exact) mass is 192 g/mol. The number of amides is 1. The van der Waals surface area contributed by atoms with Crippen LogP contribution in [0.3, 0.4) is 0 Å². The molecule has 0 saturated carbocycles. The number of nitrogens with one attached hydrogen (secondary N) is 1. The van der Waals surface area contributed by atoms with Gasteiger partial charge in [0.2, 0.25) is 0 Å². The van der Waals surface area contributed by atoms with Crippen LogP contribution in [0.25, 0.3) is 0 Å². The Bertz CT molecular complexity index is 304. The molecule has 3 nitrogen and oxygen atoms in total. The van der Waals surface area contributed by atoms with Crippen LogP contribution < -0.4 is 5.32 Å². The van der Waals surface area contributed by atoms with E-state index in [-0.39, 0.29) is 5.91 Å². The van der Waals surface area contributed by atoms with Gasteiger partial charge in [-0.05, 0) is 33.2 Å². The molecule has 0 atom stereocenters. The molecule has 0 bridgehead atoms. The Morgan fingerprint density at radius 3 is 2.36 bits per heavy atom. The Morgan fingerprint density at radius 1 is 1.29 bits per heavy atom. The van der Waals surface area contributed by atoms with Gasteiger partial charge in [-0.25, -0.2) is 0 Å².